The average Bonchev–Trinajstić information content (AvgIpc) is 2.12. The van der Waals surface area contributed by atoms with Gasteiger partial charge in [0.15, 0.2) is 0 Å². The van der Waals surface area contributed by atoms with Gasteiger partial charge in [-0.15, -0.1) is 0 Å². The van der Waals surface area contributed by atoms with E-state index in [-0.39, 0.29) is 0 Å². The van der Waals surface area contributed by atoms with Gasteiger partial charge in [0.2, 0.25) is 0 Å². The minimum absolute atomic E-state index is 1.64. The Hall–Kier alpha value is -1.12. The van der Waals surface area contributed by atoms with Crippen molar-refractivity contribution in [2.45, 2.75) is 11.0 Å². The molecule has 0 fully saturated rings. The molecule has 0 heterocycles. The summed E-state index contributed by atoms with van der Waals surface area (Å²) in [5.41, 5.74) is -11.1. The Kier molecular flexibility index (Phi) is 9.85. The van der Waals surface area contributed by atoms with Crippen molar-refractivity contribution >= 4 is 20.2 Å². The topological polar surface area (TPSA) is 109 Å². The van der Waals surface area contributed by atoms with Gasteiger partial charge >= 0.3 is 31.3 Å². The van der Waals surface area contributed by atoms with E-state index in [1.165, 1.54) is 0 Å². The smallest absolute Gasteiger partial charge is 0.279 e. The summed E-state index contributed by atoms with van der Waals surface area (Å²) in [5.74, 6) is 0. The number of hydrogen-bond donors (Lipinski definition) is 2. The molecule has 20 heavy (non-hydrogen) atoms. The zero-order valence-corrected chi connectivity index (χ0v) is 10.8. The van der Waals surface area contributed by atoms with Crippen LogP contribution in [-0.2, 0) is 20.2 Å². The first-order chi connectivity index (χ1) is 8.41. The molecule has 0 atom stereocenters. The van der Waals surface area contributed by atoms with E-state index in [1.54, 1.807) is 12.2 Å². The van der Waals surface area contributed by atoms with Gasteiger partial charge in [0.05, 0.1) is 0 Å². The van der Waals surface area contributed by atoms with Crippen LogP contribution in [0.2, 0.25) is 0 Å². The highest BCUT2D eigenvalue weighted by Crippen LogP contribution is 2.21. The van der Waals surface area contributed by atoms with Crippen molar-refractivity contribution in [1.82, 2.24) is 0 Å². The standard InChI is InChI=1S/C4H6.2CHF3O3S/c1-3-4-2;2*2-1(3,4)8(5,6)7/h3-4H,1-2H2;2*(H,5,6,7). The van der Waals surface area contributed by atoms with Crippen LogP contribution >= 0.6 is 0 Å². The molecular formula is C6H8F6O6S2. The van der Waals surface area contributed by atoms with Crippen molar-refractivity contribution in [3.63, 3.8) is 0 Å². The van der Waals surface area contributed by atoms with Crippen molar-refractivity contribution in [3.05, 3.63) is 25.3 Å². The van der Waals surface area contributed by atoms with Gasteiger partial charge in [-0.1, -0.05) is 25.3 Å². The average molecular weight is 354 g/mol. The largest absolute Gasteiger partial charge is 0.522 e. The molecule has 0 aromatic rings. The fourth-order valence-electron chi connectivity index (χ4n) is 0. The maximum absolute atomic E-state index is 10.7. The van der Waals surface area contributed by atoms with Crippen LogP contribution in [0, 0.1) is 0 Å². The van der Waals surface area contributed by atoms with E-state index in [2.05, 4.69) is 13.2 Å². The third-order valence-electron chi connectivity index (χ3n) is 0.752. The molecule has 0 rings (SSSR count). The van der Waals surface area contributed by atoms with Gasteiger partial charge in [-0.25, -0.2) is 0 Å². The lowest BCUT2D eigenvalue weighted by Crippen LogP contribution is -2.21. The van der Waals surface area contributed by atoms with Crippen LogP contribution in [0.25, 0.3) is 0 Å². The summed E-state index contributed by atoms with van der Waals surface area (Å²) in [6.07, 6.45) is 3.28. The van der Waals surface area contributed by atoms with Gasteiger partial charge in [-0.3, -0.25) is 9.11 Å². The molecular weight excluding hydrogens is 346 g/mol. The van der Waals surface area contributed by atoms with Crippen LogP contribution < -0.4 is 0 Å². The molecule has 0 aromatic carbocycles. The van der Waals surface area contributed by atoms with Crippen LogP contribution in [0.4, 0.5) is 26.3 Å². The highest BCUT2D eigenvalue weighted by Gasteiger charge is 2.45. The summed E-state index contributed by atoms with van der Waals surface area (Å²) in [7, 11) is -11.7. The van der Waals surface area contributed by atoms with E-state index in [1.807, 2.05) is 0 Å². The van der Waals surface area contributed by atoms with Gasteiger partial charge in [0.25, 0.3) is 0 Å². The van der Waals surface area contributed by atoms with Crippen molar-refractivity contribution in [3.8, 4) is 0 Å². The van der Waals surface area contributed by atoms with Crippen LogP contribution in [0.1, 0.15) is 0 Å². The fraction of sp³-hybridized carbons (Fsp3) is 0.333. The molecule has 14 heteroatoms. The zero-order chi connectivity index (χ0) is 17.4. The molecule has 0 spiro atoms. The molecule has 0 aliphatic rings. The van der Waals surface area contributed by atoms with E-state index >= 15 is 0 Å². The van der Waals surface area contributed by atoms with Gasteiger partial charge < -0.3 is 0 Å². The SMILES string of the molecule is C=CC=C.O=S(=O)(O)C(F)(F)F.O=S(=O)(O)C(F)(F)F. The lowest BCUT2D eigenvalue weighted by Gasteiger charge is -1.97. The van der Waals surface area contributed by atoms with Crippen molar-refractivity contribution in [2.24, 2.45) is 0 Å². The van der Waals surface area contributed by atoms with Gasteiger partial charge in [0, 0.05) is 0 Å². The first-order valence-corrected chi connectivity index (χ1v) is 6.60. The van der Waals surface area contributed by atoms with Crippen LogP contribution in [0.3, 0.4) is 0 Å². The van der Waals surface area contributed by atoms with Crippen molar-refractivity contribution in [2.75, 3.05) is 0 Å². The zero-order valence-electron chi connectivity index (χ0n) is 9.18. The van der Waals surface area contributed by atoms with Gasteiger partial charge in [0.1, 0.15) is 0 Å². The maximum atomic E-state index is 10.7. The van der Waals surface area contributed by atoms with E-state index < -0.39 is 31.3 Å². The second-order valence-electron chi connectivity index (χ2n) is 2.31. The summed E-state index contributed by atoms with van der Waals surface area (Å²) in [4.78, 5) is 0. The normalized spacial score (nSPS) is 12.2. The Labute approximate surface area is 109 Å². The van der Waals surface area contributed by atoms with Crippen LogP contribution in [-0.4, -0.2) is 37.0 Å². The number of rotatable bonds is 1. The molecule has 0 amide bonds. The summed E-state index contributed by atoms with van der Waals surface area (Å²) >= 11 is 0. The molecule has 0 aliphatic carbocycles. The Morgan fingerprint density at radius 1 is 0.700 bits per heavy atom. The monoisotopic (exact) mass is 354 g/mol. The Balaban J connectivity index is -0.000000230. The number of alkyl halides is 6. The predicted molar refractivity (Wildman–Crippen MR) is 55.6 cm³/mol. The molecule has 122 valence electrons. The number of allylic oxidation sites excluding steroid dienone is 2. The Morgan fingerprint density at radius 3 is 0.800 bits per heavy atom. The summed E-state index contributed by atoms with van der Waals surface area (Å²) in [6, 6.07) is 0. The lowest BCUT2D eigenvalue weighted by atomic mass is 10.6. The maximum Gasteiger partial charge on any atom is 0.522 e. The first kappa shape index (κ1) is 23.9. The van der Waals surface area contributed by atoms with Crippen LogP contribution in [0.5, 0.6) is 0 Å². The van der Waals surface area contributed by atoms with Crippen molar-refractivity contribution < 1.29 is 52.3 Å². The highest BCUT2D eigenvalue weighted by atomic mass is 32.2. The minimum Gasteiger partial charge on any atom is -0.279 e. The molecule has 0 saturated carbocycles. The second-order valence-corrected chi connectivity index (χ2v) is 5.14. The Bertz CT molecular complexity index is 451. The molecule has 0 aromatic heterocycles. The number of hydrogen-bond acceptors (Lipinski definition) is 4. The predicted octanol–water partition coefficient (Wildman–Crippen LogP) is 2.15. The summed E-state index contributed by atoms with van der Waals surface area (Å²) in [6.45, 7) is 6.72. The second kappa shape index (κ2) is 8.23. The van der Waals surface area contributed by atoms with Gasteiger partial charge in [-0.05, 0) is 0 Å². The molecule has 0 radical (unpaired) electrons. The Morgan fingerprint density at radius 2 is 0.800 bits per heavy atom. The third kappa shape index (κ3) is 13.3. The molecule has 2 N–H and O–H groups in total. The van der Waals surface area contributed by atoms with Crippen molar-refractivity contribution in [1.29, 1.82) is 0 Å². The quantitative estimate of drug-likeness (QED) is 0.323. The van der Waals surface area contributed by atoms with E-state index in [0.717, 1.165) is 0 Å². The fourth-order valence-corrected chi connectivity index (χ4v) is 0. The van der Waals surface area contributed by atoms with Gasteiger partial charge in [-0.2, -0.15) is 43.2 Å². The minimum atomic E-state index is -5.84. The van der Waals surface area contributed by atoms with E-state index in [0.29, 0.717) is 0 Å². The van der Waals surface area contributed by atoms with E-state index in [9.17, 15) is 26.3 Å². The molecule has 0 unspecified atom stereocenters. The lowest BCUT2D eigenvalue weighted by molar-refractivity contribution is -0.0514. The molecule has 0 saturated heterocycles. The molecule has 0 aliphatic heterocycles. The molecule has 0 bridgehead atoms. The molecule has 6 nitrogen and oxygen atoms in total. The highest BCUT2D eigenvalue weighted by molar-refractivity contribution is 7.86. The first-order valence-electron chi connectivity index (χ1n) is 3.72. The summed E-state index contributed by atoms with van der Waals surface area (Å²) < 4.78 is 115. The van der Waals surface area contributed by atoms with E-state index in [4.69, 9.17) is 25.9 Å². The third-order valence-corrected chi connectivity index (χ3v) is 1.92. The summed E-state index contributed by atoms with van der Waals surface area (Å²) in [5, 5.41) is 0. The number of halogens is 6. The van der Waals surface area contributed by atoms with Crippen LogP contribution in [0.15, 0.2) is 25.3 Å².